The third-order valence-corrected chi connectivity index (χ3v) is 5.54. The SMILES string of the molecule is CC[C@H](C)N[C@@H]1C[C@H]2C[C@H]1[C@@H]1CCC[C@@H]21. The summed E-state index contributed by atoms with van der Waals surface area (Å²) in [6, 6.07) is 1.61. The van der Waals surface area contributed by atoms with E-state index in [1.807, 2.05) is 0 Å². The number of hydrogen-bond donors (Lipinski definition) is 1. The van der Waals surface area contributed by atoms with Crippen molar-refractivity contribution in [1.29, 1.82) is 0 Å². The van der Waals surface area contributed by atoms with E-state index in [4.69, 9.17) is 0 Å². The molecule has 0 unspecified atom stereocenters. The Labute approximate surface area is 94.0 Å². The van der Waals surface area contributed by atoms with Gasteiger partial charge in [0.1, 0.15) is 0 Å². The van der Waals surface area contributed by atoms with E-state index in [9.17, 15) is 0 Å². The van der Waals surface area contributed by atoms with Gasteiger partial charge in [0.25, 0.3) is 0 Å². The van der Waals surface area contributed by atoms with Crippen LogP contribution in [-0.4, -0.2) is 12.1 Å². The molecule has 1 nitrogen and oxygen atoms in total. The van der Waals surface area contributed by atoms with Crippen molar-refractivity contribution in [1.82, 2.24) is 5.32 Å². The summed E-state index contributed by atoms with van der Waals surface area (Å²) in [5, 5.41) is 3.87. The average molecular weight is 207 g/mol. The zero-order valence-corrected chi connectivity index (χ0v) is 10.2. The molecule has 0 aromatic rings. The summed E-state index contributed by atoms with van der Waals surface area (Å²) >= 11 is 0. The predicted molar refractivity (Wildman–Crippen MR) is 63.7 cm³/mol. The standard InChI is InChI=1S/C14H25N/c1-3-9(2)15-14-8-10-7-13(14)12-6-4-5-11(10)12/h9-15H,3-8H2,1-2H3/t9-,10+,11-,12+,13-,14+/m0/s1. The van der Waals surface area contributed by atoms with Crippen LogP contribution < -0.4 is 5.32 Å². The number of fused-ring (bicyclic) bond motifs is 5. The molecule has 3 rings (SSSR count). The van der Waals surface area contributed by atoms with E-state index >= 15 is 0 Å². The first-order valence-corrected chi connectivity index (χ1v) is 7.05. The Bertz CT molecular complexity index is 237. The Morgan fingerprint density at radius 2 is 1.93 bits per heavy atom. The second kappa shape index (κ2) is 3.76. The van der Waals surface area contributed by atoms with Gasteiger partial charge in [-0.2, -0.15) is 0 Å². The smallest absolute Gasteiger partial charge is 0.0103 e. The first-order chi connectivity index (χ1) is 7.29. The van der Waals surface area contributed by atoms with Gasteiger partial charge in [-0.25, -0.2) is 0 Å². The van der Waals surface area contributed by atoms with E-state index in [-0.39, 0.29) is 0 Å². The van der Waals surface area contributed by atoms with Crippen molar-refractivity contribution < 1.29 is 0 Å². The molecule has 0 spiro atoms. The van der Waals surface area contributed by atoms with Crippen LogP contribution in [0.25, 0.3) is 0 Å². The molecule has 1 N–H and O–H groups in total. The van der Waals surface area contributed by atoms with Crippen LogP contribution in [0.2, 0.25) is 0 Å². The van der Waals surface area contributed by atoms with Crippen molar-refractivity contribution in [2.24, 2.45) is 23.7 Å². The Balaban J connectivity index is 1.65. The predicted octanol–water partition coefficient (Wildman–Crippen LogP) is 3.20. The fourth-order valence-corrected chi connectivity index (χ4v) is 4.74. The molecule has 0 heterocycles. The number of nitrogens with one attached hydrogen (secondary N) is 1. The van der Waals surface area contributed by atoms with Gasteiger partial charge in [0.2, 0.25) is 0 Å². The van der Waals surface area contributed by atoms with Crippen LogP contribution in [0.3, 0.4) is 0 Å². The van der Waals surface area contributed by atoms with Gasteiger partial charge in [-0.3, -0.25) is 0 Å². The van der Waals surface area contributed by atoms with Gasteiger partial charge in [0, 0.05) is 12.1 Å². The summed E-state index contributed by atoms with van der Waals surface area (Å²) in [5.74, 6) is 4.41. The normalized spacial score (nSPS) is 49.6. The summed E-state index contributed by atoms with van der Waals surface area (Å²) in [6.45, 7) is 4.64. The van der Waals surface area contributed by atoms with Gasteiger partial charge in [-0.1, -0.05) is 13.3 Å². The minimum Gasteiger partial charge on any atom is -0.311 e. The quantitative estimate of drug-likeness (QED) is 0.749. The molecule has 0 aromatic heterocycles. The third-order valence-electron chi connectivity index (χ3n) is 5.54. The van der Waals surface area contributed by atoms with Crippen LogP contribution in [0.5, 0.6) is 0 Å². The maximum Gasteiger partial charge on any atom is 0.0103 e. The molecule has 0 saturated heterocycles. The van der Waals surface area contributed by atoms with Gasteiger partial charge in [-0.05, 0) is 62.7 Å². The van der Waals surface area contributed by atoms with Crippen molar-refractivity contribution >= 4 is 0 Å². The van der Waals surface area contributed by atoms with Gasteiger partial charge in [-0.15, -0.1) is 0 Å². The molecule has 0 aliphatic heterocycles. The minimum absolute atomic E-state index is 0.731. The average Bonchev–Trinajstić information content (AvgIpc) is 2.87. The molecular weight excluding hydrogens is 182 g/mol. The van der Waals surface area contributed by atoms with Gasteiger partial charge in [0.05, 0.1) is 0 Å². The lowest BCUT2D eigenvalue weighted by atomic mass is 9.79. The van der Waals surface area contributed by atoms with Gasteiger partial charge >= 0.3 is 0 Å². The van der Waals surface area contributed by atoms with Gasteiger partial charge in [0.15, 0.2) is 0 Å². The molecule has 15 heavy (non-hydrogen) atoms. The van der Waals surface area contributed by atoms with E-state index in [1.54, 1.807) is 19.3 Å². The molecule has 86 valence electrons. The second-order valence-corrected chi connectivity index (χ2v) is 6.24. The maximum absolute atomic E-state index is 3.87. The van der Waals surface area contributed by atoms with Crippen molar-refractivity contribution in [2.45, 2.75) is 64.5 Å². The van der Waals surface area contributed by atoms with E-state index in [0.29, 0.717) is 0 Å². The lowest BCUT2D eigenvalue weighted by Crippen LogP contribution is -2.43. The van der Waals surface area contributed by atoms with Crippen molar-refractivity contribution in [3.8, 4) is 0 Å². The highest BCUT2D eigenvalue weighted by molar-refractivity contribution is 5.05. The van der Waals surface area contributed by atoms with Crippen LogP contribution in [0.1, 0.15) is 52.4 Å². The lowest BCUT2D eigenvalue weighted by molar-refractivity contribution is 0.199. The third kappa shape index (κ3) is 1.54. The number of rotatable bonds is 3. The minimum atomic E-state index is 0.731. The fourth-order valence-electron chi connectivity index (χ4n) is 4.74. The van der Waals surface area contributed by atoms with Crippen LogP contribution in [0.15, 0.2) is 0 Å². The van der Waals surface area contributed by atoms with E-state index in [1.165, 1.54) is 19.3 Å². The van der Waals surface area contributed by atoms with Crippen LogP contribution in [0, 0.1) is 23.7 Å². The molecule has 3 aliphatic carbocycles. The fraction of sp³-hybridized carbons (Fsp3) is 1.00. The molecule has 1 heteroatoms. The lowest BCUT2D eigenvalue weighted by Gasteiger charge is -2.33. The molecule has 0 aromatic carbocycles. The van der Waals surface area contributed by atoms with Crippen molar-refractivity contribution in [3.63, 3.8) is 0 Å². The Kier molecular flexibility index (Phi) is 2.54. The van der Waals surface area contributed by atoms with Crippen LogP contribution in [-0.2, 0) is 0 Å². The first-order valence-electron chi connectivity index (χ1n) is 7.05. The van der Waals surface area contributed by atoms with Crippen LogP contribution >= 0.6 is 0 Å². The summed E-state index contributed by atoms with van der Waals surface area (Å²) in [7, 11) is 0. The van der Waals surface area contributed by atoms with Gasteiger partial charge < -0.3 is 5.32 Å². The Morgan fingerprint density at radius 1 is 1.13 bits per heavy atom. The zero-order valence-electron chi connectivity index (χ0n) is 10.2. The highest BCUT2D eigenvalue weighted by Gasteiger charge is 2.53. The molecule has 3 fully saturated rings. The monoisotopic (exact) mass is 207 g/mol. The molecule has 0 radical (unpaired) electrons. The van der Waals surface area contributed by atoms with Crippen molar-refractivity contribution in [3.05, 3.63) is 0 Å². The van der Waals surface area contributed by atoms with E-state index in [0.717, 1.165) is 35.8 Å². The molecule has 2 bridgehead atoms. The van der Waals surface area contributed by atoms with Crippen molar-refractivity contribution in [2.75, 3.05) is 0 Å². The zero-order chi connectivity index (χ0) is 10.4. The summed E-state index contributed by atoms with van der Waals surface area (Å²) < 4.78 is 0. The summed E-state index contributed by atoms with van der Waals surface area (Å²) in [5.41, 5.74) is 0. The molecule has 6 atom stereocenters. The molecular formula is C14H25N. The number of hydrogen-bond acceptors (Lipinski definition) is 1. The van der Waals surface area contributed by atoms with E-state index in [2.05, 4.69) is 19.2 Å². The maximum atomic E-state index is 3.87. The Morgan fingerprint density at radius 3 is 2.73 bits per heavy atom. The topological polar surface area (TPSA) is 12.0 Å². The van der Waals surface area contributed by atoms with E-state index < -0.39 is 0 Å². The highest BCUT2D eigenvalue weighted by atomic mass is 15.0. The second-order valence-electron chi connectivity index (χ2n) is 6.24. The highest BCUT2D eigenvalue weighted by Crippen LogP contribution is 2.58. The Hall–Kier alpha value is -0.0400. The molecule has 3 aliphatic rings. The summed E-state index contributed by atoms with van der Waals surface area (Å²) in [4.78, 5) is 0. The largest absolute Gasteiger partial charge is 0.311 e. The molecule has 0 amide bonds. The summed E-state index contributed by atoms with van der Waals surface area (Å²) in [6.07, 6.45) is 8.96. The molecule has 3 saturated carbocycles. The van der Waals surface area contributed by atoms with Crippen LogP contribution in [0.4, 0.5) is 0 Å². The first kappa shape index (κ1) is 10.1.